The van der Waals surface area contributed by atoms with Gasteiger partial charge in [-0.05, 0) is 56.5 Å². The normalized spacial score (nSPS) is 14.2. The molecule has 0 aromatic heterocycles. The van der Waals surface area contributed by atoms with Crippen LogP contribution in [-0.4, -0.2) is 50.2 Å². The van der Waals surface area contributed by atoms with Gasteiger partial charge in [0, 0.05) is 12.6 Å². The van der Waals surface area contributed by atoms with Crippen LogP contribution in [0.5, 0.6) is 11.5 Å². The van der Waals surface area contributed by atoms with Crippen LogP contribution in [0, 0.1) is 0 Å². The molecule has 5 nitrogen and oxygen atoms in total. The summed E-state index contributed by atoms with van der Waals surface area (Å²) in [5.74, 6) is 1.30. The predicted molar refractivity (Wildman–Crippen MR) is 108 cm³/mol. The summed E-state index contributed by atoms with van der Waals surface area (Å²) >= 11 is 0. The van der Waals surface area contributed by atoms with Crippen molar-refractivity contribution in [3.8, 4) is 11.5 Å². The van der Waals surface area contributed by atoms with Gasteiger partial charge in [-0.25, -0.2) is 0 Å². The number of hydrogen-bond donors (Lipinski definition) is 1. The largest absolute Gasteiger partial charge is 0.493 e. The number of nitrogens with one attached hydrogen (secondary N) is 1. The number of piperidine rings is 1. The van der Waals surface area contributed by atoms with Gasteiger partial charge in [0.05, 0.1) is 7.11 Å². The van der Waals surface area contributed by atoms with E-state index in [1.807, 2.05) is 29.2 Å². The summed E-state index contributed by atoms with van der Waals surface area (Å²) in [6.45, 7) is 8.61. The molecule has 0 spiro atoms. The van der Waals surface area contributed by atoms with Gasteiger partial charge in [0.2, 0.25) is 0 Å². The molecule has 0 unspecified atom stereocenters. The highest BCUT2D eigenvalue weighted by atomic mass is 35.5. The van der Waals surface area contributed by atoms with Crippen LogP contribution in [0.1, 0.15) is 31.7 Å². The lowest BCUT2D eigenvalue weighted by Gasteiger charge is -2.34. The highest BCUT2D eigenvalue weighted by molar-refractivity contribution is 5.85. The Hall–Kier alpha value is -1.72. The monoisotopic (exact) mass is 382 g/mol. The molecule has 0 aliphatic carbocycles. The number of rotatable bonds is 9. The van der Waals surface area contributed by atoms with E-state index in [2.05, 4.69) is 18.8 Å². The van der Waals surface area contributed by atoms with E-state index < -0.39 is 0 Å². The van der Waals surface area contributed by atoms with Crippen LogP contribution < -0.4 is 14.8 Å². The summed E-state index contributed by atoms with van der Waals surface area (Å²) in [6.07, 6.45) is 5.59. The van der Waals surface area contributed by atoms with Crippen molar-refractivity contribution in [1.29, 1.82) is 0 Å². The van der Waals surface area contributed by atoms with E-state index in [4.69, 9.17) is 9.47 Å². The Morgan fingerprint density at radius 3 is 2.69 bits per heavy atom. The molecule has 1 saturated heterocycles. The molecule has 1 N–H and O–H groups in total. The van der Waals surface area contributed by atoms with Gasteiger partial charge in [-0.15, -0.1) is 19.0 Å². The molecule has 146 valence electrons. The van der Waals surface area contributed by atoms with Crippen molar-refractivity contribution in [2.24, 2.45) is 0 Å². The van der Waals surface area contributed by atoms with Crippen LogP contribution in [0.25, 0.3) is 0 Å². The Morgan fingerprint density at radius 2 is 2.08 bits per heavy atom. The number of nitrogens with zero attached hydrogens (tertiary/aromatic N) is 1. The zero-order valence-electron chi connectivity index (χ0n) is 15.8. The van der Waals surface area contributed by atoms with Crippen LogP contribution in [0.2, 0.25) is 0 Å². The van der Waals surface area contributed by atoms with Crippen molar-refractivity contribution in [3.63, 3.8) is 0 Å². The molecule has 0 bridgehead atoms. The summed E-state index contributed by atoms with van der Waals surface area (Å²) in [6, 6.07) is 6.08. The Bertz CT molecular complexity index is 574. The Balaban J connectivity index is 0.00000338. The lowest BCUT2D eigenvalue weighted by Crippen LogP contribution is -2.48. The smallest absolute Gasteiger partial charge is 0.260 e. The van der Waals surface area contributed by atoms with Gasteiger partial charge in [-0.2, -0.15) is 0 Å². The number of amides is 1. The third kappa shape index (κ3) is 6.22. The lowest BCUT2D eigenvalue weighted by molar-refractivity contribution is -0.136. The highest BCUT2D eigenvalue weighted by Gasteiger charge is 2.25. The average molecular weight is 383 g/mol. The quantitative estimate of drug-likeness (QED) is 0.666. The Labute approximate surface area is 163 Å². The number of hydrogen-bond acceptors (Lipinski definition) is 4. The summed E-state index contributed by atoms with van der Waals surface area (Å²) in [5, 5.41) is 3.35. The number of halogens is 1. The van der Waals surface area contributed by atoms with Crippen LogP contribution in [-0.2, 0) is 11.2 Å². The van der Waals surface area contributed by atoms with Crippen LogP contribution in [0.15, 0.2) is 30.9 Å². The molecule has 6 heteroatoms. The molecule has 1 aromatic carbocycles. The molecular formula is C20H31ClN2O3. The first-order valence-corrected chi connectivity index (χ1v) is 9.10. The second kappa shape index (κ2) is 11.8. The van der Waals surface area contributed by atoms with Crippen LogP contribution in [0.3, 0.4) is 0 Å². The fraction of sp³-hybridized carbons (Fsp3) is 0.550. The van der Waals surface area contributed by atoms with Crippen molar-refractivity contribution >= 4 is 18.3 Å². The first kappa shape index (κ1) is 22.3. The van der Waals surface area contributed by atoms with Gasteiger partial charge >= 0.3 is 0 Å². The van der Waals surface area contributed by atoms with Crippen molar-refractivity contribution in [2.75, 3.05) is 33.4 Å². The molecule has 0 saturated carbocycles. The van der Waals surface area contributed by atoms with Gasteiger partial charge < -0.3 is 19.7 Å². The van der Waals surface area contributed by atoms with E-state index in [0.717, 1.165) is 50.9 Å². The van der Waals surface area contributed by atoms with Crippen molar-refractivity contribution in [1.82, 2.24) is 10.2 Å². The number of allylic oxidation sites excluding steroid dienone is 1. The molecule has 0 atom stereocenters. The standard InChI is InChI=1S/C20H30N2O3.ClH/c1-4-6-16-7-8-18(19(14-16)24-3)25-15-20(23)22(13-5-2)17-9-11-21-12-10-17;/h4,7-8,14,17,21H,1,5-6,9-13,15H2,2-3H3;1H. The van der Waals surface area contributed by atoms with Crippen molar-refractivity contribution in [2.45, 2.75) is 38.6 Å². The number of carbonyl (C=O) groups excluding carboxylic acids is 1. The molecule has 0 radical (unpaired) electrons. The second-order valence-electron chi connectivity index (χ2n) is 6.33. The van der Waals surface area contributed by atoms with Gasteiger partial charge in [0.1, 0.15) is 0 Å². The molecule has 1 aromatic rings. The van der Waals surface area contributed by atoms with Crippen LogP contribution >= 0.6 is 12.4 Å². The number of methoxy groups -OCH3 is 1. The van der Waals surface area contributed by atoms with E-state index in [-0.39, 0.29) is 24.9 Å². The van der Waals surface area contributed by atoms with Gasteiger partial charge in [0.25, 0.3) is 5.91 Å². The van der Waals surface area contributed by atoms with Crippen molar-refractivity contribution < 1.29 is 14.3 Å². The topological polar surface area (TPSA) is 50.8 Å². The minimum atomic E-state index is 0. The number of ether oxygens (including phenoxy) is 2. The zero-order chi connectivity index (χ0) is 18.1. The molecular weight excluding hydrogens is 352 g/mol. The Kier molecular flexibility index (Phi) is 10.1. The van der Waals surface area contributed by atoms with Crippen molar-refractivity contribution in [3.05, 3.63) is 36.4 Å². The van der Waals surface area contributed by atoms with E-state index >= 15 is 0 Å². The third-order valence-corrected chi connectivity index (χ3v) is 4.49. The molecule has 1 aliphatic rings. The summed E-state index contributed by atoms with van der Waals surface area (Å²) in [7, 11) is 1.61. The third-order valence-electron chi connectivity index (χ3n) is 4.49. The second-order valence-corrected chi connectivity index (χ2v) is 6.33. The van der Waals surface area contributed by atoms with Gasteiger partial charge in [-0.1, -0.05) is 19.1 Å². The minimum absolute atomic E-state index is 0. The van der Waals surface area contributed by atoms with E-state index in [1.165, 1.54) is 0 Å². The lowest BCUT2D eigenvalue weighted by atomic mass is 10.0. The predicted octanol–water partition coefficient (Wildman–Crippen LogP) is 3.21. The number of carbonyl (C=O) groups is 1. The van der Waals surface area contributed by atoms with E-state index in [1.54, 1.807) is 7.11 Å². The molecule has 1 fully saturated rings. The molecule has 1 amide bonds. The first-order chi connectivity index (χ1) is 12.2. The van der Waals surface area contributed by atoms with E-state index in [0.29, 0.717) is 17.5 Å². The minimum Gasteiger partial charge on any atom is -0.493 e. The fourth-order valence-corrected chi connectivity index (χ4v) is 3.22. The fourth-order valence-electron chi connectivity index (χ4n) is 3.22. The SMILES string of the molecule is C=CCc1ccc(OCC(=O)N(CCC)C2CCNCC2)c(OC)c1.Cl. The molecule has 1 heterocycles. The first-order valence-electron chi connectivity index (χ1n) is 9.10. The van der Waals surface area contributed by atoms with E-state index in [9.17, 15) is 4.79 Å². The summed E-state index contributed by atoms with van der Waals surface area (Å²) < 4.78 is 11.2. The highest BCUT2D eigenvalue weighted by Crippen LogP contribution is 2.28. The molecule has 26 heavy (non-hydrogen) atoms. The maximum Gasteiger partial charge on any atom is 0.260 e. The van der Waals surface area contributed by atoms with Crippen LogP contribution in [0.4, 0.5) is 0 Å². The average Bonchev–Trinajstić information content (AvgIpc) is 2.65. The van der Waals surface area contributed by atoms with Gasteiger partial charge in [0.15, 0.2) is 18.1 Å². The zero-order valence-corrected chi connectivity index (χ0v) is 16.6. The Morgan fingerprint density at radius 1 is 1.35 bits per heavy atom. The number of benzene rings is 1. The summed E-state index contributed by atoms with van der Waals surface area (Å²) in [5.41, 5.74) is 1.10. The molecule has 1 aliphatic heterocycles. The maximum absolute atomic E-state index is 12.7. The maximum atomic E-state index is 12.7. The summed E-state index contributed by atoms with van der Waals surface area (Å²) in [4.78, 5) is 14.7. The van der Waals surface area contributed by atoms with Gasteiger partial charge in [-0.3, -0.25) is 4.79 Å². The molecule has 2 rings (SSSR count).